The summed E-state index contributed by atoms with van der Waals surface area (Å²) in [6.07, 6.45) is 3.41. The van der Waals surface area contributed by atoms with Crippen LogP contribution in [-0.4, -0.2) is 18.9 Å². The highest BCUT2D eigenvalue weighted by Crippen LogP contribution is 2.50. The molecule has 0 heterocycles. The van der Waals surface area contributed by atoms with Crippen molar-refractivity contribution < 1.29 is 14.3 Å². The average Bonchev–Trinajstić information content (AvgIpc) is 2.86. The third-order valence-electron chi connectivity index (χ3n) is 4.58. The van der Waals surface area contributed by atoms with Crippen LogP contribution in [0.2, 0.25) is 0 Å². The van der Waals surface area contributed by atoms with Gasteiger partial charge in [-0.05, 0) is 41.5 Å². The number of unbranched alkanes of at least 4 members (excludes halogenated alkanes) is 1. The standard InChI is InChI=1S/C20H20O3/c1-15(22)23-13-7-6-12-20(14-21)18-10-4-2-8-16(18)17-9-3-5-11-19(17)20/h2-5,8-11,14H,6-7,12-13H2,1H3. The molecular weight excluding hydrogens is 288 g/mol. The minimum Gasteiger partial charge on any atom is -0.466 e. The van der Waals surface area contributed by atoms with Crippen molar-refractivity contribution in [2.24, 2.45) is 0 Å². The Kier molecular flexibility index (Phi) is 4.28. The van der Waals surface area contributed by atoms with Crippen LogP contribution in [0.5, 0.6) is 0 Å². The number of carbonyl (C=O) groups is 2. The number of fused-ring (bicyclic) bond motifs is 3. The predicted octanol–water partition coefficient (Wildman–Crippen LogP) is 3.89. The third kappa shape index (κ3) is 2.67. The highest BCUT2D eigenvalue weighted by atomic mass is 16.5. The number of hydrogen-bond acceptors (Lipinski definition) is 3. The van der Waals surface area contributed by atoms with Gasteiger partial charge in [-0.15, -0.1) is 0 Å². The van der Waals surface area contributed by atoms with Crippen LogP contribution in [0.3, 0.4) is 0 Å². The molecule has 0 spiro atoms. The van der Waals surface area contributed by atoms with Crippen LogP contribution in [0.1, 0.15) is 37.3 Å². The van der Waals surface area contributed by atoms with Crippen LogP contribution in [0, 0.1) is 0 Å². The minimum atomic E-state index is -0.580. The number of rotatable bonds is 6. The van der Waals surface area contributed by atoms with Crippen molar-refractivity contribution in [1.82, 2.24) is 0 Å². The Morgan fingerprint density at radius 1 is 1.00 bits per heavy atom. The van der Waals surface area contributed by atoms with E-state index in [1.807, 2.05) is 24.3 Å². The van der Waals surface area contributed by atoms with Gasteiger partial charge in [0, 0.05) is 6.92 Å². The summed E-state index contributed by atoms with van der Waals surface area (Å²) >= 11 is 0. The molecule has 1 aliphatic rings. The zero-order valence-corrected chi connectivity index (χ0v) is 13.2. The van der Waals surface area contributed by atoms with E-state index in [-0.39, 0.29) is 5.97 Å². The predicted molar refractivity (Wildman–Crippen MR) is 89.2 cm³/mol. The highest BCUT2D eigenvalue weighted by Gasteiger charge is 2.42. The molecule has 3 nitrogen and oxygen atoms in total. The summed E-state index contributed by atoms with van der Waals surface area (Å²) in [6.45, 7) is 1.82. The largest absolute Gasteiger partial charge is 0.466 e. The lowest BCUT2D eigenvalue weighted by Crippen LogP contribution is -2.27. The van der Waals surface area contributed by atoms with Gasteiger partial charge in [-0.2, -0.15) is 0 Å². The number of benzene rings is 2. The maximum Gasteiger partial charge on any atom is 0.302 e. The summed E-state index contributed by atoms with van der Waals surface area (Å²) in [6, 6.07) is 16.3. The lowest BCUT2D eigenvalue weighted by atomic mass is 9.75. The Bertz CT molecular complexity index is 688. The number of hydrogen-bond donors (Lipinski definition) is 0. The maximum atomic E-state index is 12.1. The molecule has 0 aliphatic heterocycles. The third-order valence-corrected chi connectivity index (χ3v) is 4.58. The summed E-state index contributed by atoms with van der Waals surface area (Å²) < 4.78 is 4.98. The molecule has 0 saturated carbocycles. The fourth-order valence-electron chi connectivity index (χ4n) is 3.54. The van der Waals surface area contributed by atoms with Crippen molar-refractivity contribution in [2.45, 2.75) is 31.6 Å². The van der Waals surface area contributed by atoms with Gasteiger partial charge in [0.05, 0.1) is 12.0 Å². The van der Waals surface area contributed by atoms with Crippen molar-refractivity contribution in [3.63, 3.8) is 0 Å². The fraction of sp³-hybridized carbons (Fsp3) is 0.300. The van der Waals surface area contributed by atoms with Crippen molar-refractivity contribution in [1.29, 1.82) is 0 Å². The van der Waals surface area contributed by atoms with Gasteiger partial charge in [0.25, 0.3) is 0 Å². The number of esters is 1. The van der Waals surface area contributed by atoms with Crippen LogP contribution in [0.25, 0.3) is 11.1 Å². The van der Waals surface area contributed by atoms with Gasteiger partial charge >= 0.3 is 5.97 Å². The van der Waals surface area contributed by atoms with E-state index in [2.05, 4.69) is 24.3 Å². The molecule has 3 heteroatoms. The first-order chi connectivity index (χ1) is 11.2. The van der Waals surface area contributed by atoms with Crippen molar-refractivity contribution in [3.05, 3.63) is 59.7 Å². The van der Waals surface area contributed by atoms with Crippen molar-refractivity contribution >= 4 is 12.3 Å². The molecule has 0 fully saturated rings. The second kappa shape index (κ2) is 6.37. The first-order valence-electron chi connectivity index (χ1n) is 7.98. The molecule has 0 aromatic heterocycles. The minimum absolute atomic E-state index is 0.258. The Morgan fingerprint density at radius 2 is 1.57 bits per heavy atom. The molecule has 0 saturated heterocycles. The smallest absolute Gasteiger partial charge is 0.302 e. The van der Waals surface area contributed by atoms with Gasteiger partial charge in [-0.25, -0.2) is 0 Å². The van der Waals surface area contributed by atoms with Crippen LogP contribution < -0.4 is 0 Å². The Labute approximate surface area is 136 Å². The Hall–Kier alpha value is -2.42. The van der Waals surface area contributed by atoms with Crippen molar-refractivity contribution in [3.8, 4) is 11.1 Å². The average molecular weight is 308 g/mol. The normalized spacial score (nSPS) is 14.0. The fourth-order valence-corrected chi connectivity index (χ4v) is 3.54. The number of carbonyl (C=O) groups excluding carboxylic acids is 2. The van der Waals surface area contributed by atoms with Crippen LogP contribution >= 0.6 is 0 Å². The molecule has 2 aromatic rings. The molecule has 0 bridgehead atoms. The molecule has 23 heavy (non-hydrogen) atoms. The van der Waals surface area contributed by atoms with E-state index in [1.54, 1.807) is 0 Å². The second-order valence-corrected chi connectivity index (χ2v) is 5.98. The van der Waals surface area contributed by atoms with Crippen molar-refractivity contribution in [2.75, 3.05) is 6.61 Å². The number of aldehydes is 1. The van der Waals surface area contributed by atoms with E-state index >= 15 is 0 Å². The van der Waals surface area contributed by atoms with E-state index in [1.165, 1.54) is 6.92 Å². The molecule has 2 aromatic carbocycles. The second-order valence-electron chi connectivity index (χ2n) is 5.98. The van der Waals surface area contributed by atoms with Gasteiger partial charge in [-0.3, -0.25) is 4.79 Å². The summed E-state index contributed by atoms with van der Waals surface area (Å²) in [4.78, 5) is 23.0. The van der Waals surface area contributed by atoms with Gasteiger partial charge in [-0.1, -0.05) is 48.5 Å². The van der Waals surface area contributed by atoms with Gasteiger partial charge < -0.3 is 9.53 Å². The van der Waals surface area contributed by atoms with Gasteiger partial charge in [0.2, 0.25) is 0 Å². The zero-order chi connectivity index (χ0) is 16.3. The Balaban J connectivity index is 1.88. The highest BCUT2D eigenvalue weighted by molar-refractivity contribution is 5.91. The first kappa shape index (κ1) is 15.5. The molecule has 118 valence electrons. The molecule has 1 aliphatic carbocycles. The molecule has 0 N–H and O–H groups in total. The first-order valence-corrected chi connectivity index (χ1v) is 7.98. The quantitative estimate of drug-likeness (QED) is 0.462. The maximum absolute atomic E-state index is 12.1. The van der Waals surface area contributed by atoms with Crippen LogP contribution in [0.4, 0.5) is 0 Å². The van der Waals surface area contributed by atoms with Gasteiger partial charge in [0.15, 0.2) is 0 Å². The van der Waals surface area contributed by atoms with E-state index in [9.17, 15) is 9.59 Å². The summed E-state index contributed by atoms with van der Waals surface area (Å²) in [7, 11) is 0. The summed E-state index contributed by atoms with van der Waals surface area (Å²) in [5, 5.41) is 0. The molecule has 0 atom stereocenters. The van der Waals surface area contributed by atoms with Crippen LogP contribution in [-0.2, 0) is 19.7 Å². The van der Waals surface area contributed by atoms with E-state index in [0.717, 1.165) is 47.8 Å². The monoisotopic (exact) mass is 308 g/mol. The Morgan fingerprint density at radius 3 is 2.09 bits per heavy atom. The number of ether oxygens (including phenoxy) is 1. The van der Waals surface area contributed by atoms with E-state index < -0.39 is 5.41 Å². The van der Waals surface area contributed by atoms with Crippen LogP contribution in [0.15, 0.2) is 48.5 Å². The lowest BCUT2D eigenvalue weighted by molar-refractivity contribution is -0.141. The molecular formula is C20H20O3. The molecule has 0 amide bonds. The van der Waals surface area contributed by atoms with Gasteiger partial charge in [0.1, 0.15) is 6.29 Å². The topological polar surface area (TPSA) is 43.4 Å². The summed E-state index contributed by atoms with van der Waals surface area (Å²) in [5.74, 6) is -0.258. The van der Waals surface area contributed by atoms with E-state index in [0.29, 0.717) is 6.61 Å². The SMILES string of the molecule is CC(=O)OCCCCC1(C=O)c2ccccc2-c2ccccc21. The van der Waals surface area contributed by atoms with E-state index in [4.69, 9.17) is 4.74 Å². The molecule has 3 rings (SSSR count). The zero-order valence-electron chi connectivity index (χ0n) is 13.2. The molecule has 0 radical (unpaired) electrons. The lowest BCUT2D eigenvalue weighted by Gasteiger charge is -2.25. The molecule has 0 unspecified atom stereocenters. The summed E-state index contributed by atoms with van der Waals surface area (Å²) in [5.41, 5.74) is 3.89.